The third kappa shape index (κ3) is 3.29. The van der Waals surface area contributed by atoms with Crippen LogP contribution < -0.4 is 15.0 Å². The summed E-state index contributed by atoms with van der Waals surface area (Å²) in [6, 6.07) is 16.2. The summed E-state index contributed by atoms with van der Waals surface area (Å²) in [5.41, 5.74) is 3.27. The summed E-state index contributed by atoms with van der Waals surface area (Å²) < 4.78 is 5.75. The Hall–Kier alpha value is -2.33. The van der Waals surface area contributed by atoms with E-state index >= 15 is 0 Å². The lowest BCUT2D eigenvalue weighted by Gasteiger charge is -2.23. The summed E-state index contributed by atoms with van der Waals surface area (Å²) in [6.45, 7) is 2.97. The van der Waals surface area contributed by atoms with Gasteiger partial charge in [0.25, 0.3) is 0 Å². The highest BCUT2D eigenvalue weighted by molar-refractivity contribution is 5.96. The number of rotatable bonds is 4. The maximum Gasteiger partial charge on any atom is 0.230 e. The van der Waals surface area contributed by atoms with Crippen LogP contribution in [0.5, 0.6) is 5.75 Å². The van der Waals surface area contributed by atoms with Crippen LogP contribution in [0.2, 0.25) is 0 Å². The first-order valence-electron chi connectivity index (χ1n) is 8.63. The Balaban J connectivity index is 1.60. The van der Waals surface area contributed by atoms with E-state index in [1.54, 1.807) is 0 Å². The van der Waals surface area contributed by atoms with Crippen molar-refractivity contribution in [2.45, 2.75) is 25.9 Å². The third-order valence-corrected chi connectivity index (χ3v) is 4.58. The molecule has 0 bridgehead atoms. The van der Waals surface area contributed by atoms with E-state index in [0.717, 1.165) is 48.5 Å². The van der Waals surface area contributed by atoms with Crippen molar-refractivity contribution in [3.8, 4) is 5.75 Å². The van der Waals surface area contributed by atoms with Gasteiger partial charge in [0.05, 0.1) is 6.54 Å². The monoisotopic (exact) mass is 322 g/mol. The van der Waals surface area contributed by atoms with Gasteiger partial charge in [-0.2, -0.15) is 0 Å². The van der Waals surface area contributed by atoms with Crippen LogP contribution in [0.1, 0.15) is 24.0 Å². The number of hydrogen-bond acceptors (Lipinski definition) is 3. The van der Waals surface area contributed by atoms with Crippen molar-refractivity contribution in [3.05, 3.63) is 59.7 Å². The van der Waals surface area contributed by atoms with Crippen LogP contribution in [0, 0.1) is 5.92 Å². The lowest BCUT2D eigenvalue weighted by atomic mass is 10.1. The van der Waals surface area contributed by atoms with Crippen LogP contribution >= 0.6 is 0 Å². The first-order valence-corrected chi connectivity index (χ1v) is 8.63. The van der Waals surface area contributed by atoms with Crippen LogP contribution in [-0.4, -0.2) is 19.1 Å². The minimum Gasteiger partial charge on any atom is -0.492 e. The molecule has 24 heavy (non-hydrogen) atoms. The van der Waals surface area contributed by atoms with Gasteiger partial charge in [-0.3, -0.25) is 4.79 Å². The molecule has 1 N–H and O–H groups in total. The van der Waals surface area contributed by atoms with Crippen LogP contribution in [0.15, 0.2) is 48.5 Å². The van der Waals surface area contributed by atoms with Gasteiger partial charge in [-0.25, -0.2) is 0 Å². The molecule has 1 aliphatic carbocycles. The molecule has 4 heteroatoms. The molecule has 1 heterocycles. The molecule has 1 aliphatic heterocycles. The largest absolute Gasteiger partial charge is 0.492 e. The number of carbonyl (C=O) groups is 1. The van der Waals surface area contributed by atoms with E-state index in [1.807, 2.05) is 41.3 Å². The van der Waals surface area contributed by atoms with Crippen molar-refractivity contribution in [1.29, 1.82) is 0 Å². The molecule has 2 aromatic rings. The van der Waals surface area contributed by atoms with Gasteiger partial charge in [-0.1, -0.05) is 24.3 Å². The zero-order chi connectivity index (χ0) is 16.4. The molecule has 124 valence electrons. The summed E-state index contributed by atoms with van der Waals surface area (Å²) in [6.07, 6.45) is 2.04. The molecule has 0 radical (unpaired) electrons. The fourth-order valence-corrected chi connectivity index (χ4v) is 3.10. The second-order valence-corrected chi connectivity index (χ2v) is 6.50. The second kappa shape index (κ2) is 6.65. The maximum absolute atomic E-state index is 12.7. The van der Waals surface area contributed by atoms with Crippen molar-refractivity contribution in [1.82, 2.24) is 5.32 Å². The SMILES string of the molecule is O=C(C1CC1)N(Cc1ccc2c(c1)CNCCO2)c1ccccc1. The number of amides is 1. The molecule has 0 saturated heterocycles. The van der Waals surface area contributed by atoms with Gasteiger partial charge >= 0.3 is 0 Å². The Kier molecular flexibility index (Phi) is 4.22. The minimum atomic E-state index is 0.205. The van der Waals surface area contributed by atoms with Gasteiger partial charge in [-0.15, -0.1) is 0 Å². The van der Waals surface area contributed by atoms with E-state index in [4.69, 9.17) is 4.74 Å². The average molecular weight is 322 g/mol. The van der Waals surface area contributed by atoms with E-state index in [0.29, 0.717) is 13.2 Å². The fourth-order valence-electron chi connectivity index (χ4n) is 3.10. The first kappa shape index (κ1) is 15.2. The van der Waals surface area contributed by atoms with Gasteiger partial charge in [0.2, 0.25) is 5.91 Å². The summed E-state index contributed by atoms with van der Waals surface area (Å²) in [4.78, 5) is 14.7. The number of para-hydroxylation sites is 1. The molecule has 1 fully saturated rings. The molecule has 2 aliphatic rings. The molecule has 4 nitrogen and oxygen atoms in total. The van der Waals surface area contributed by atoms with Crippen LogP contribution in [0.25, 0.3) is 0 Å². The summed E-state index contributed by atoms with van der Waals surface area (Å²) in [5.74, 6) is 1.39. The number of anilines is 1. The van der Waals surface area contributed by atoms with E-state index in [-0.39, 0.29) is 11.8 Å². The van der Waals surface area contributed by atoms with Crippen LogP contribution in [0.3, 0.4) is 0 Å². The highest BCUT2D eigenvalue weighted by Gasteiger charge is 2.34. The Morgan fingerprint density at radius 1 is 1.17 bits per heavy atom. The lowest BCUT2D eigenvalue weighted by Crippen LogP contribution is -2.31. The van der Waals surface area contributed by atoms with Crippen molar-refractivity contribution in [2.75, 3.05) is 18.1 Å². The average Bonchev–Trinajstić information content (AvgIpc) is 3.46. The second-order valence-electron chi connectivity index (χ2n) is 6.50. The summed E-state index contributed by atoms with van der Waals surface area (Å²) >= 11 is 0. The predicted molar refractivity (Wildman–Crippen MR) is 94.0 cm³/mol. The predicted octanol–water partition coefficient (Wildman–Crippen LogP) is 3.11. The van der Waals surface area contributed by atoms with Gasteiger partial charge in [0.15, 0.2) is 0 Å². The molecular formula is C20H22N2O2. The summed E-state index contributed by atoms with van der Waals surface area (Å²) in [5, 5.41) is 3.36. The standard InChI is InChI=1S/C20H22N2O2/c23-20(16-7-8-16)22(18-4-2-1-3-5-18)14-15-6-9-19-17(12-15)13-21-10-11-24-19/h1-6,9,12,16,21H,7-8,10-11,13-14H2. The Morgan fingerprint density at radius 2 is 2.00 bits per heavy atom. The molecule has 1 saturated carbocycles. The number of benzene rings is 2. The van der Waals surface area contributed by atoms with Gasteiger partial charge in [-0.05, 0) is 42.7 Å². The van der Waals surface area contributed by atoms with Crippen LogP contribution in [0.4, 0.5) is 5.69 Å². The number of nitrogens with zero attached hydrogens (tertiary/aromatic N) is 1. The Morgan fingerprint density at radius 3 is 2.79 bits per heavy atom. The van der Waals surface area contributed by atoms with Crippen molar-refractivity contribution >= 4 is 11.6 Å². The first-order chi connectivity index (χ1) is 11.8. The van der Waals surface area contributed by atoms with E-state index in [2.05, 4.69) is 17.4 Å². The smallest absolute Gasteiger partial charge is 0.230 e. The molecule has 0 unspecified atom stereocenters. The van der Waals surface area contributed by atoms with Gasteiger partial charge in [0.1, 0.15) is 12.4 Å². The Labute approximate surface area is 142 Å². The number of nitrogens with one attached hydrogen (secondary N) is 1. The van der Waals surface area contributed by atoms with E-state index in [9.17, 15) is 4.79 Å². The maximum atomic E-state index is 12.7. The minimum absolute atomic E-state index is 0.205. The molecule has 0 aromatic heterocycles. The molecule has 0 atom stereocenters. The fraction of sp³-hybridized carbons (Fsp3) is 0.350. The van der Waals surface area contributed by atoms with Gasteiger partial charge in [0, 0.05) is 30.3 Å². The molecule has 1 amide bonds. The molecule has 2 aromatic carbocycles. The van der Waals surface area contributed by atoms with Crippen molar-refractivity contribution in [3.63, 3.8) is 0 Å². The van der Waals surface area contributed by atoms with E-state index in [1.165, 1.54) is 0 Å². The molecule has 0 spiro atoms. The summed E-state index contributed by atoms with van der Waals surface area (Å²) in [7, 11) is 0. The molecule has 4 rings (SSSR count). The zero-order valence-corrected chi connectivity index (χ0v) is 13.7. The Bertz CT molecular complexity index is 726. The highest BCUT2D eigenvalue weighted by Crippen LogP contribution is 2.34. The van der Waals surface area contributed by atoms with Crippen molar-refractivity contribution in [2.24, 2.45) is 5.92 Å². The topological polar surface area (TPSA) is 41.6 Å². The highest BCUT2D eigenvalue weighted by atomic mass is 16.5. The van der Waals surface area contributed by atoms with Crippen molar-refractivity contribution < 1.29 is 9.53 Å². The zero-order valence-electron chi connectivity index (χ0n) is 13.7. The van der Waals surface area contributed by atoms with Crippen LogP contribution in [-0.2, 0) is 17.9 Å². The van der Waals surface area contributed by atoms with E-state index < -0.39 is 0 Å². The number of ether oxygens (including phenoxy) is 1. The molecular weight excluding hydrogens is 300 g/mol. The third-order valence-electron chi connectivity index (χ3n) is 4.58. The normalized spacial score (nSPS) is 16.7. The number of fused-ring (bicyclic) bond motifs is 1. The number of carbonyl (C=O) groups excluding carboxylic acids is 1. The number of hydrogen-bond donors (Lipinski definition) is 1. The lowest BCUT2D eigenvalue weighted by molar-refractivity contribution is -0.119. The van der Waals surface area contributed by atoms with Gasteiger partial charge < -0.3 is 15.0 Å². The quantitative estimate of drug-likeness (QED) is 0.940.